The maximum atomic E-state index is 12.0. The number of aromatic nitrogens is 5. The van der Waals surface area contributed by atoms with Crippen LogP contribution in [0.5, 0.6) is 0 Å². The molecule has 0 atom stereocenters. The molecular formula is C24H28N8O2. The number of nitrogens with zero attached hydrogens (tertiary/aromatic N) is 7. The van der Waals surface area contributed by atoms with Gasteiger partial charge in [-0.1, -0.05) is 12.6 Å². The maximum absolute atomic E-state index is 12.0. The number of rotatable bonds is 4. The number of hydrogen-bond acceptors (Lipinski definition) is 8. The second-order valence-corrected chi connectivity index (χ2v) is 9.52. The smallest absolute Gasteiger partial charge is 0.245 e. The van der Waals surface area contributed by atoms with Gasteiger partial charge in [-0.3, -0.25) is 9.89 Å². The monoisotopic (exact) mass is 460 g/mol. The molecule has 0 bridgehead atoms. The SMILES string of the molecule is C=CC(=O)N1CC2(CCN(c3nc(-c4c(C)ccc5[nH]ncc45)nc(N4CCOCC4)n3)C2)C1. The Morgan fingerprint density at radius 1 is 1.09 bits per heavy atom. The molecule has 34 heavy (non-hydrogen) atoms. The number of amides is 1. The zero-order valence-electron chi connectivity index (χ0n) is 19.3. The predicted molar refractivity (Wildman–Crippen MR) is 129 cm³/mol. The topological polar surface area (TPSA) is 103 Å². The van der Waals surface area contributed by atoms with Crippen LogP contribution in [0.2, 0.25) is 0 Å². The Morgan fingerprint density at radius 2 is 1.85 bits per heavy atom. The van der Waals surface area contributed by atoms with E-state index in [0.717, 1.165) is 67.7 Å². The van der Waals surface area contributed by atoms with Crippen molar-refractivity contribution in [3.05, 3.63) is 36.5 Å². The van der Waals surface area contributed by atoms with E-state index in [2.05, 4.69) is 39.6 Å². The van der Waals surface area contributed by atoms with Gasteiger partial charge in [-0.2, -0.15) is 20.1 Å². The highest BCUT2D eigenvalue weighted by Gasteiger charge is 2.49. The zero-order valence-corrected chi connectivity index (χ0v) is 19.3. The molecule has 2 aromatic heterocycles. The van der Waals surface area contributed by atoms with E-state index in [-0.39, 0.29) is 11.3 Å². The van der Waals surface area contributed by atoms with Crippen molar-refractivity contribution >= 4 is 28.7 Å². The largest absolute Gasteiger partial charge is 0.378 e. The van der Waals surface area contributed by atoms with Crippen molar-refractivity contribution in [2.75, 3.05) is 62.3 Å². The third kappa shape index (κ3) is 3.49. The molecular weight excluding hydrogens is 432 g/mol. The van der Waals surface area contributed by atoms with Crippen molar-refractivity contribution in [1.82, 2.24) is 30.0 Å². The van der Waals surface area contributed by atoms with Crippen LogP contribution in [0, 0.1) is 12.3 Å². The average Bonchev–Trinajstić information content (AvgIpc) is 3.50. The van der Waals surface area contributed by atoms with Crippen LogP contribution in [-0.4, -0.2) is 88.4 Å². The van der Waals surface area contributed by atoms with Crippen molar-refractivity contribution in [3.8, 4) is 11.4 Å². The summed E-state index contributed by atoms with van der Waals surface area (Å²) in [6, 6.07) is 4.10. The number of carbonyl (C=O) groups excluding carboxylic acids is 1. The van der Waals surface area contributed by atoms with Crippen molar-refractivity contribution in [2.24, 2.45) is 5.41 Å². The summed E-state index contributed by atoms with van der Waals surface area (Å²) in [5.74, 6) is 2.04. The second-order valence-electron chi connectivity index (χ2n) is 9.52. The molecule has 10 nitrogen and oxygen atoms in total. The molecule has 5 heterocycles. The lowest BCUT2D eigenvalue weighted by molar-refractivity contribution is -0.136. The summed E-state index contributed by atoms with van der Waals surface area (Å²) in [5.41, 5.74) is 3.13. The first-order valence-corrected chi connectivity index (χ1v) is 11.7. The fourth-order valence-corrected chi connectivity index (χ4v) is 5.35. The van der Waals surface area contributed by atoms with Gasteiger partial charge in [0.2, 0.25) is 17.8 Å². The molecule has 10 heteroatoms. The van der Waals surface area contributed by atoms with Gasteiger partial charge in [-0.15, -0.1) is 0 Å². The molecule has 3 fully saturated rings. The molecule has 0 saturated carbocycles. The lowest BCUT2D eigenvalue weighted by Crippen LogP contribution is -2.59. The number of hydrogen-bond donors (Lipinski definition) is 1. The van der Waals surface area contributed by atoms with Crippen molar-refractivity contribution in [2.45, 2.75) is 13.3 Å². The molecule has 3 aliphatic rings. The van der Waals surface area contributed by atoms with E-state index in [1.165, 1.54) is 6.08 Å². The van der Waals surface area contributed by atoms with Crippen LogP contribution in [-0.2, 0) is 9.53 Å². The number of morpholine rings is 1. The molecule has 176 valence electrons. The van der Waals surface area contributed by atoms with Crippen molar-refractivity contribution in [3.63, 3.8) is 0 Å². The summed E-state index contributed by atoms with van der Waals surface area (Å²) in [6.45, 7) is 11.7. The molecule has 1 N–H and O–H groups in total. The highest BCUT2D eigenvalue weighted by Crippen LogP contribution is 2.41. The number of carbonyl (C=O) groups is 1. The van der Waals surface area contributed by atoms with E-state index in [4.69, 9.17) is 19.7 Å². The standard InChI is InChI=1S/C24H28N8O2/c1-3-19(33)32-14-24(15-32)6-7-31(13-24)23-27-21(26-22(28-23)30-8-10-34-11-9-30)20-16(2)4-5-18-17(20)12-25-29-18/h3-5,12H,1,6-11,13-15H2,2H3,(H,25,29). The van der Waals surface area contributed by atoms with E-state index >= 15 is 0 Å². The fraction of sp³-hybridized carbons (Fsp3) is 0.458. The van der Waals surface area contributed by atoms with Gasteiger partial charge in [0.1, 0.15) is 0 Å². The minimum atomic E-state index is 0.00445. The first-order valence-electron chi connectivity index (χ1n) is 11.7. The molecule has 0 unspecified atom stereocenters. The third-order valence-electron chi connectivity index (χ3n) is 7.22. The number of nitrogens with one attached hydrogen (secondary N) is 1. The van der Waals surface area contributed by atoms with Crippen molar-refractivity contribution in [1.29, 1.82) is 0 Å². The number of aryl methyl sites for hydroxylation is 1. The number of ether oxygens (including phenoxy) is 1. The van der Waals surface area contributed by atoms with Gasteiger partial charge in [-0.25, -0.2) is 0 Å². The fourth-order valence-electron chi connectivity index (χ4n) is 5.35. The normalized spacial score (nSPS) is 19.6. The number of H-pyrrole nitrogens is 1. The molecule has 0 radical (unpaired) electrons. The molecule has 3 saturated heterocycles. The van der Waals surface area contributed by atoms with E-state index < -0.39 is 0 Å². The minimum absolute atomic E-state index is 0.00445. The van der Waals surface area contributed by atoms with Crippen LogP contribution in [0.25, 0.3) is 22.3 Å². The van der Waals surface area contributed by atoms with E-state index in [1.54, 1.807) is 0 Å². The van der Waals surface area contributed by atoms with Crippen LogP contribution < -0.4 is 9.80 Å². The van der Waals surface area contributed by atoms with Crippen LogP contribution in [0.1, 0.15) is 12.0 Å². The third-order valence-corrected chi connectivity index (χ3v) is 7.22. The van der Waals surface area contributed by atoms with Gasteiger partial charge in [0.05, 0.1) is 24.9 Å². The Morgan fingerprint density at radius 3 is 2.62 bits per heavy atom. The van der Waals surface area contributed by atoms with E-state index in [9.17, 15) is 4.79 Å². The average molecular weight is 461 g/mol. The number of fused-ring (bicyclic) bond motifs is 1. The molecule has 0 aliphatic carbocycles. The van der Waals surface area contributed by atoms with E-state index in [1.807, 2.05) is 17.2 Å². The summed E-state index contributed by atoms with van der Waals surface area (Å²) in [4.78, 5) is 33.0. The summed E-state index contributed by atoms with van der Waals surface area (Å²) in [5, 5.41) is 8.29. The molecule has 6 rings (SSSR count). The lowest BCUT2D eigenvalue weighted by Gasteiger charge is -2.47. The number of anilines is 2. The van der Waals surface area contributed by atoms with Gasteiger partial charge in [-0.05, 0) is 31.1 Å². The van der Waals surface area contributed by atoms with E-state index in [0.29, 0.717) is 30.9 Å². The van der Waals surface area contributed by atoms with Crippen LogP contribution in [0.3, 0.4) is 0 Å². The summed E-state index contributed by atoms with van der Waals surface area (Å²) in [7, 11) is 0. The highest BCUT2D eigenvalue weighted by molar-refractivity contribution is 5.94. The van der Waals surface area contributed by atoms with Crippen LogP contribution in [0.4, 0.5) is 11.9 Å². The van der Waals surface area contributed by atoms with Crippen LogP contribution >= 0.6 is 0 Å². The van der Waals surface area contributed by atoms with Gasteiger partial charge >= 0.3 is 0 Å². The van der Waals surface area contributed by atoms with Gasteiger partial charge in [0.25, 0.3) is 0 Å². The summed E-state index contributed by atoms with van der Waals surface area (Å²) >= 11 is 0. The Labute approximate surface area is 197 Å². The zero-order chi connectivity index (χ0) is 23.3. The molecule has 3 aliphatic heterocycles. The number of likely N-dealkylation sites (tertiary alicyclic amines) is 1. The quantitative estimate of drug-likeness (QED) is 0.588. The Bertz CT molecular complexity index is 1260. The molecule has 1 spiro atoms. The lowest BCUT2D eigenvalue weighted by atomic mass is 9.79. The van der Waals surface area contributed by atoms with Gasteiger partial charge in [0.15, 0.2) is 5.82 Å². The molecule has 1 amide bonds. The molecule has 3 aromatic rings. The molecule has 1 aromatic carbocycles. The van der Waals surface area contributed by atoms with Crippen molar-refractivity contribution < 1.29 is 9.53 Å². The summed E-state index contributed by atoms with van der Waals surface area (Å²) in [6.07, 6.45) is 4.24. The highest BCUT2D eigenvalue weighted by atomic mass is 16.5. The first-order chi connectivity index (χ1) is 16.5. The summed E-state index contributed by atoms with van der Waals surface area (Å²) < 4.78 is 5.55. The minimum Gasteiger partial charge on any atom is -0.378 e. The van der Waals surface area contributed by atoms with Gasteiger partial charge < -0.3 is 19.4 Å². The maximum Gasteiger partial charge on any atom is 0.245 e. The Hall–Kier alpha value is -3.53. The van der Waals surface area contributed by atoms with Gasteiger partial charge in [0, 0.05) is 55.6 Å². The first kappa shape index (κ1) is 21.0. The number of aromatic amines is 1. The number of benzene rings is 1. The Kier molecular flexibility index (Phi) is 4.98. The van der Waals surface area contributed by atoms with Crippen LogP contribution in [0.15, 0.2) is 31.0 Å². The Balaban J connectivity index is 1.37. The predicted octanol–water partition coefficient (Wildman–Crippen LogP) is 1.78. The second kappa shape index (κ2) is 8.05.